The van der Waals surface area contributed by atoms with Crippen LogP contribution in [0.5, 0.6) is 5.88 Å². The number of pyridine rings is 1. The molecule has 21 heavy (non-hydrogen) atoms. The minimum atomic E-state index is -0.687. The third-order valence-electron chi connectivity index (χ3n) is 3.76. The molecule has 1 aliphatic heterocycles. The van der Waals surface area contributed by atoms with E-state index in [9.17, 15) is 10.1 Å². The lowest BCUT2D eigenvalue weighted by atomic mass is 9.80. The summed E-state index contributed by atoms with van der Waals surface area (Å²) in [7, 11) is 1.55. The molecular weight excluding hydrogens is 270 g/mol. The first-order valence-electron chi connectivity index (χ1n) is 6.88. The topological polar surface area (TPSA) is 84.2 Å². The van der Waals surface area contributed by atoms with Gasteiger partial charge in [-0.2, -0.15) is 5.26 Å². The van der Waals surface area contributed by atoms with E-state index in [2.05, 4.69) is 16.4 Å². The first-order chi connectivity index (χ1) is 10.0. The fourth-order valence-electron chi connectivity index (χ4n) is 2.64. The SMILES string of the molecule is CCOC(=O)[C@@H]1C[C@](C)(C#N)C(c2ccc(OC)nc2)N1. The number of carbonyl (C=O) groups is 1. The fraction of sp³-hybridized carbons (Fsp3) is 0.533. The van der Waals surface area contributed by atoms with Crippen LogP contribution in [0.25, 0.3) is 0 Å². The second-order valence-electron chi connectivity index (χ2n) is 5.27. The van der Waals surface area contributed by atoms with Crippen molar-refractivity contribution in [1.82, 2.24) is 10.3 Å². The van der Waals surface area contributed by atoms with Gasteiger partial charge in [-0.1, -0.05) is 6.07 Å². The molecule has 0 radical (unpaired) electrons. The number of methoxy groups -OCH3 is 1. The average Bonchev–Trinajstić information content (AvgIpc) is 2.86. The van der Waals surface area contributed by atoms with E-state index >= 15 is 0 Å². The van der Waals surface area contributed by atoms with Gasteiger partial charge in [0.1, 0.15) is 6.04 Å². The van der Waals surface area contributed by atoms with Crippen LogP contribution >= 0.6 is 0 Å². The van der Waals surface area contributed by atoms with Gasteiger partial charge >= 0.3 is 5.97 Å². The maximum absolute atomic E-state index is 11.9. The number of nitriles is 1. The summed E-state index contributed by atoms with van der Waals surface area (Å²) in [5, 5.41) is 12.7. The average molecular weight is 289 g/mol. The molecule has 6 nitrogen and oxygen atoms in total. The Labute approximate surface area is 124 Å². The normalized spacial score (nSPS) is 27.9. The van der Waals surface area contributed by atoms with Gasteiger partial charge in [-0.15, -0.1) is 0 Å². The molecule has 1 aromatic heterocycles. The van der Waals surface area contributed by atoms with Crippen LogP contribution in [-0.2, 0) is 9.53 Å². The van der Waals surface area contributed by atoms with E-state index in [0.717, 1.165) is 5.56 Å². The van der Waals surface area contributed by atoms with E-state index in [1.54, 1.807) is 26.3 Å². The van der Waals surface area contributed by atoms with E-state index in [0.29, 0.717) is 18.9 Å². The van der Waals surface area contributed by atoms with Gasteiger partial charge in [0.25, 0.3) is 0 Å². The van der Waals surface area contributed by atoms with Crippen molar-refractivity contribution in [3.63, 3.8) is 0 Å². The number of nitrogens with one attached hydrogen (secondary N) is 1. The van der Waals surface area contributed by atoms with Crippen LogP contribution in [0.4, 0.5) is 0 Å². The van der Waals surface area contributed by atoms with Gasteiger partial charge in [0.15, 0.2) is 0 Å². The Morgan fingerprint density at radius 3 is 2.90 bits per heavy atom. The van der Waals surface area contributed by atoms with Gasteiger partial charge < -0.3 is 9.47 Å². The first kappa shape index (κ1) is 15.3. The summed E-state index contributed by atoms with van der Waals surface area (Å²) in [4.78, 5) is 16.1. The van der Waals surface area contributed by atoms with Gasteiger partial charge in [-0.25, -0.2) is 4.98 Å². The summed E-state index contributed by atoms with van der Waals surface area (Å²) in [6.45, 7) is 3.93. The molecule has 6 heteroatoms. The first-order valence-corrected chi connectivity index (χ1v) is 6.88. The van der Waals surface area contributed by atoms with E-state index < -0.39 is 11.5 Å². The molecule has 1 aromatic rings. The zero-order valence-electron chi connectivity index (χ0n) is 12.4. The molecule has 1 unspecified atom stereocenters. The second kappa shape index (κ2) is 6.10. The van der Waals surface area contributed by atoms with Gasteiger partial charge in [-0.05, 0) is 25.8 Å². The molecule has 0 aromatic carbocycles. The third-order valence-corrected chi connectivity index (χ3v) is 3.76. The highest BCUT2D eigenvalue weighted by atomic mass is 16.5. The van der Waals surface area contributed by atoms with Crippen molar-refractivity contribution >= 4 is 5.97 Å². The van der Waals surface area contributed by atoms with Crippen LogP contribution in [0.1, 0.15) is 31.9 Å². The van der Waals surface area contributed by atoms with Crippen LogP contribution in [-0.4, -0.2) is 30.7 Å². The zero-order chi connectivity index (χ0) is 15.5. The van der Waals surface area contributed by atoms with Crippen molar-refractivity contribution in [1.29, 1.82) is 5.26 Å². The molecule has 0 bridgehead atoms. The van der Waals surface area contributed by atoms with Crippen molar-refractivity contribution in [2.24, 2.45) is 5.41 Å². The molecule has 1 saturated heterocycles. The molecule has 0 saturated carbocycles. The number of hydrogen-bond donors (Lipinski definition) is 1. The van der Waals surface area contributed by atoms with Crippen LogP contribution in [0.2, 0.25) is 0 Å². The van der Waals surface area contributed by atoms with E-state index in [1.807, 2.05) is 13.0 Å². The largest absolute Gasteiger partial charge is 0.481 e. The number of ether oxygens (including phenoxy) is 2. The van der Waals surface area contributed by atoms with Gasteiger partial charge in [0.05, 0.1) is 31.2 Å². The lowest BCUT2D eigenvalue weighted by molar-refractivity contribution is -0.145. The summed E-state index contributed by atoms with van der Waals surface area (Å²) in [6, 6.07) is 5.17. The summed E-state index contributed by atoms with van der Waals surface area (Å²) < 4.78 is 10.1. The minimum Gasteiger partial charge on any atom is -0.481 e. The molecule has 0 spiro atoms. The predicted molar refractivity (Wildman–Crippen MR) is 75.4 cm³/mol. The number of carbonyl (C=O) groups excluding carboxylic acids is 1. The highest BCUT2D eigenvalue weighted by Crippen LogP contribution is 2.43. The fourth-order valence-corrected chi connectivity index (χ4v) is 2.64. The van der Waals surface area contributed by atoms with Crippen molar-refractivity contribution < 1.29 is 14.3 Å². The molecule has 1 aliphatic rings. The molecule has 1 N–H and O–H groups in total. The smallest absolute Gasteiger partial charge is 0.323 e. The predicted octanol–water partition coefficient (Wildman–Crippen LogP) is 1.59. The molecule has 0 amide bonds. The quantitative estimate of drug-likeness (QED) is 0.847. The molecule has 2 rings (SSSR count). The molecular formula is C15H19N3O3. The van der Waals surface area contributed by atoms with E-state index in [-0.39, 0.29) is 12.0 Å². The number of hydrogen-bond acceptors (Lipinski definition) is 6. The van der Waals surface area contributed by atoms with Crippen LogP contribution < -0.4 is 10.1 Å². The monoisotopic (exact) mass is 289 g/mol. The summed E-state index contributed by atoms with van der Waals surface area (Å²) in [6.07, 6.45) is 2.08. The standard InChI is InChI=1S/C15H19N3O3/c1-4-21-14(19)11-7-15(2,9-16)13(18-11)10-5-6-12(20-3)17-8-10/h5-6,8,11,13,18H,4,7H2,1-3H3/t11-,13?,15+/m0/s1. The summed E-state index contributed by atoms with van der Waals surface area (Å²) in [5.41, 5.74) is 0.167. The molecule has 1 fully saturated rings. The molecule has 3 atom stereocenters. The third kappa shape index (κ3) is 2.98. The minimum absolute atomic E-state index is 0.268. The van der Waals surface area contributed by atoms with Crippen molar-refractivity contribution in [3.8, 4) is 11.9 Å². The zero-order valence-corrected chi connectivity index (χ0v) is 12.4. The van der Waals surface area contributed by atoms with E-state index in [4.69, 9.17) is 9.47 Å². The van der Waals surface area contributed by atoms with Crippen LogP contribution in [0, 0.1) is 16.7 Å². The van der Waals surface area contributed by atoms with E-state index in [1.165, 1.54) is 0 Å². The number of nitrogens with zero attached hydrogens (tertiary/aromatic N) is 2. The van der Waals surface area contributed by atoms with Crippen LogP contribution in [0.15, 0.2) is 18.3 Å². The Morgan fingerprint density at radius 2 is 2.38 bits per heavy atom. The second-order valence-corrected chi connectivity index (χ2v) is 5.27. The Hall–Kier alpha value is -2.13. The summed E-state index contributed by atoms with van der Waals surface area (Å²) in [5.74, 6) is 0.195. The van der Waals surface area contributed by atoms with Crippen molar-refractivity contribution in [2.75, 3.05) is 13.7 Å². The lowest BCUT2D eigenvalue weighted by Gasteiger charge is -2.23. The Kier molecular flexibility index (Phi) is 4.43. The Balaban J connectivity index is 2.24. The lowest BCUT2D eigenvalue weighted by Crippen LogP contribution is -2.34. The highest BCUT2D eigenvalue weighted by Gasteiger charge is 2.47. The molecule has 0 aliphatic carbocycles. The number of aromatic nitrogens is 1. The Morgan fingerprint density at radius 1 is 1.62 bits per heavy atom. The number of esters is 1. The number of rotatable bonds is 4. The maximum atomic E-state index is 11.9. The van der Waals surface area contributed by atoms with Crippen LogP contribution in [0.3, 0.4) is 0 Å². The summed E-state index contributed by atoms with van der Waals surface area (Å²) >= 11 is 0. The highest BCUT2D eigenvalue weighted by molar-refractivity contribution is 5.76. The van der Waals surface area contributed by atoms with Crippen molar-refractivity contribution in [2.45, 2.75) is 32.4 Å². The molecule has 2 heterocycles. The Bertz CT molecular complexity index is 552. The van der Waals surface area contributed by atoms with Gasteiger partial charge in [0, 0.05) is 12.3 Å². The van der Waals surface area contributed by atoms with Crippen molar-refractivity contribution in [3.05, 3.63) is 23.9 Å². The maximum Gasteiger partial charge on any atom is 0.323 e. The van der Waals surface area contributed by atoms with Gasteiger partial charge in [-0.3, -0.25) is 10.1 Å². The molecule has 112 valence electrons. The van der Waals surface area contributed by atoms with Gasteiger partial charge in [0.2, 0.25) is 5.88 Å².